The summed E-state index contributed by atoms with van der Waals surface area (Å²) in [6.45, 7) is 5.42. The zero-order valence-corrected chi connectivity index (χ0v) is 11.9. The fourth-order valence-corrected chi connectivity index (χ4v) is 1.76. The first-order valence-corrected chi connectivity index (χ1v) is 6.86. The number of hydrogen-bond donors (Lipinski definition) is 3. The summed E-state index contributed by atoms with van der Waals surface area (Å²) < 4.78 is 0. The lowest BCUT2D eigenvalue weighted by Crippen LogP contribution is -2.42. The maximum Gasteiger partial charge on any atom is 0.317 e. The molecule has 0 aliphatic heterocycles. The number of aliphatic hydroxyl groups excluding tert-OH is 1. The second-order valence-electron chi connectivity index (χ2n) is 4.77. The Morgan fingerprint density at radius 2 is 1.95 bits per heavy atom. The van der Waals surface area contributed by atoms with E-state index in [0.717, 1.165) is 12.8 Å². The smallest absolute Gasteiger partial charge is 0.317 e. The predicted octanol–water partition coefficient (Wildman–Crippen LogP) is 1.29. The number of carboxylic acid groups (broad SMARTS) is 1. The molecule has 6 heteroatoms. The van der Waals surface area contributed by atoms with E-state index < -0.39 is 5.97 Å². The summed E-state index contributed by atoms with van der Waals surface area (Å²) in [6.07, 6.45) is 2.41. The maximum atomic E-state index is 11.8. The van der Waals surface area contributed by atoms with E-state index in [4.69, 9.17) is 10.2 Å². The fraction of sp³-hybridized carbons (Fsp3) is 0.846. The van der Waals surface area contributed by atoms with Crippen molar-refractivity contribution in [2.75, 3.05) is 26.2 Å². The van der Waals surface area contributed by atoms with Crippen molar-refractivity contribution in [1.82, 2.24) is 10.2 Å². The highest BCUT2D eigenvalue weighted by molar-refractivity contribution is 5.74. The number of carboxylic acids is 1. The SMILES string of the molecule is CCCN(CCO)C(=O)NCCC(C)CCC(=O)O. The molecule has 112 valence electrons. The molecule has 0 heterocycles. The average molecular weight is 274 g/mol. The Bertz CT molecular complexity index is 265. The number of aliphatic hydroxyl groups is 1. The van der Waals surface area contributed by atoms with Crippen LogP contribution < -0.4 is 5.32 Å². The van der Waals surface area contributed by atoms with Gasteiger partial charge in [0.05, 0.1) is 6.61 Å². The monoisotopic (exact) mass is 274 g/mol. The van der Waals surface area contributed by atoms with Crippen molar-refractivity contribution in [3.63, 3.8) is 0 Å². The van der Waals surface area contributed by atoms with Crippen LogP contribution in [0.2, 0.25) is 0 Å². The average Bonchev–Trinajstić information content (AvgIpc) is 2.36. The van der Waals surface area contributed by atoms with Crippen molar-refractivity contribution < 1.29 is 19.8 Å². The van der Waals surface area contributed by atoms with Crippen LogP contribution in [0.15, 0.2) is 0 Å². The zero-order chi connectivity index (χ0) is 14.7. The van der Waals surface area contributed by atoms with E-state index in [2.05, 4.69) is 5.32 Å². The Kier molecular flexibility index (Phi) is 9.88. The molecule has 0 saturated carbocycles. The molecule has 0 aromatic carbocycles. The molecule has 0 aromatic rings. The van der Waals surface area contributed by atoms with Gasteiger partial charge in [0.2, 0.25) is 0 Å². The normalized spacial score (nSPS) is 11.9. The Labute approximate surface area is 114 Å². The van der Waals surface area contributed by atoms with Crippen molar-refractivity contribution in [2.45, 2.75) is 39.5 Å². The summed E-state index contributed by atoms with van der Waals surface area (Å²) in [5.41, 5.74) is 0. The third-order valence-electron chi connectivity index (χ3n) is 2.92. The second-order valence-corrected chi connectivity index (χ2v) is 4.77. The van der Waals surface area contributed by atoms with Gasteiger partial charge in [-0.3, -0.25) is 4.79 Å². The summed E-state index contributed by atoms with van der Waals surface area (Å²) >= 11 is 0. The van der Waals surface area contributed by atoms with E-state index >= 15 is 0 Å². The zero-order valence-electron chi connectivity index (χ0n) is 11.9. The van der Waals surface area contributed by atoms with Gasteiger partial charge in [-0.05, 0) is 25.2 Å². The van der Waals surface area contributed by atoms with Gasteiger partial charge in [-0.1, -0.05) is 13.8 Å². The molecule has 1 atom stereocenters. The molecule has 0 spiro atoms. The quantitative estimate of drug-likeness (QED) is 0.560. The van der Waals surface area contributed by atoms with Crippen LogP contribution in [0, 0.1) is 5.92 Å². The molecular formula is C13H26N2O4. The molecule has 6 nitrogen and oxygen atoms in total. The Hall–Kier alpha value is -1.30. The van der Waals surface area contributed by atoms with Gasteiger partial charge in [-0.25, -0.2) is 4.79 Å². The first-order valence-electron chi connectivity index (χ1n) is 6.86. The lowest BCUT2D eigenvalue weighted by atomic mass is 10.0. The number of carbonyl (C=O) groups is 2. The predicted molar refractivity (Wildman–Crippen MR) is 73.0 cm³/mol. The third-order valence-corrected chi connectivity index (χ3v) is 2.92. The van der Waals surface area contributed by atoms with Crippen LogP contribution in [0.4, 0.5) is 4.79 Å². The van der Waals surface area contributed by atoms with E-state index in [1.165, 1.54) is 0 Å². The molecule has 1 unspecified atom stereocenters. The molecule has 0 aromatic heterocycles. The van der Waals surface area contributed by atoms with E-state index in [0.29, 0.717) is 26.1 Å². The van der Waals surface area contributed by atoms with E-state index in [1.807, 2.05) is 13.8 Å². The highest BCUT2D eigenvalue weighted by Gasteiger charge is 2.12. The first-order chi connectivity index (χ1) is 9.01. The molecule has 3 N–H and O–H groups in total. The standard InChI is InChI=1S/C13H26N2O4/c1-3-8-15(9-10-16)13(19)14-7-6-11(2)4-5-12(17)18/h11,16H,3-10H2,1-2H3,(H,14,19)(H,17,18). The van der Waals surface area contributed by atoms with Crippen LogP contribution in [0.5, 0.6) is 0 Å². The molecule has 0 aliphatic rings. The number of hydrogen-bond acceptors (Lipinski definition) is 3. The lowest BCUT2D eigenvalue weighted by Gasteiger charge is -2.22. The van der Waals surface area contributed by atoms with Crippen LogP contribution in [-0.2, 0) is 4.79 Å². The summed E-state index contributed by atoms with van der Waals surface area (Å²) in [4.78, 5) is 23.8. The number of carbonyl (C=O) groups excluding carboxylic acids is 1. The minimum Gasteiger partial charge on any atom is -0.481 e. The van der Waals surface area contributed by atoms with Gasteiger partial charge in [0.1, 0.15) is 0 Å². The van der Waals surface area contributed by atoms with E-state index in [-0.39, 0.29) is 25.0 Å². The molecule has 0 aliphatic carbocycles. The first kappa shape index (κ1) is 17.7. The van der Waals surface area contributed by atoms with Crippen molar-refractivity contribution >= 4 is 12.0 Å². The highest BCUT2D eigenvalue weighted by Crippen LogP contribution is 2.09. The van der Waals surface area contributed by atoms with Gasteiger partial charge in [0, 0.05) is 26.1 Å². The molecule has 0 rings (SSSR count). The molecule has 19 heavy (non-hydrogen) atoms. The van der Waals surface area contributed by atoms with E-state index in [1.54, 1.807) is 4.90 Å². The minimum absolute atomic E-state index is 0.0393. The Morgan fingerprint density at radius 3 is 2.47 bits per heavy atom. The number of nitrogens with zero attached hydrogens (tertiary/aromatic N) is 1. The topological polar surface area (TPSA) is 89.9 Å². The minimum atomic E-state index is -0.784. The largest absolute Gasteiger partial charge is 0.481 e. The maximum absolute atomic E-state index is 11.8. The van der Waals surface area contributed by atoms with Gasteiger partial charge >= 0.3 is 12.0 Å². The van der Waals surface area contributed by atoms with Crippen LogP contribution >= 0.6 is 0 Å². The Balaban J connectivity index is 3.84. The number of amides is 2. The summed E-state index contributed by atoms with van der Waals surface area (Å²) in [5.74, 6) is -0.512. The Morgan fingerprint density at radius 1 is 1.26 bits per heavy atom. The van der Waals surface area contributed by atoms with Crippen molar-refractivity contribution in [2.24, 2.45) is 5.92 Å². The molecule has 0 fully saturated rings. The summed E-state index contributed by atoms with van der Waals surface area (Å²) in [6, 6.07) is -0.165. The molecular weight excluding hydrogens is 248 g/mol. The number of nitrogens with one attached hydrogen (secondary N) is 1. The van der Waals surface area contributed by atoms with Crippen LogP contribution in [0.3, 0.4) is 0 Å². The molecule has 2 amide bonds. The summed E-state index contributed by atoms with van der Waals surface area (Å²) in [5, 5.41) is 20.2. The van der Waals surface area contributed by atoms with Crippen molar-refractivity contribution in [1.29, 1.82) is 0 Å². The van der Waals surface area contributed by atoms with Crippen molar-refractivity contribution in [3.05, 3.63) is 0 Å². The number of aliphatic carboxylic acids is 1. The highest BCUT2D eigenvalue weighted by atomic mass is 16.4. The number of urea groups is 1. The van der Waals surface area contributed by atoms with Crippen LogP contribution in [0.25, 0.3) is 0 Å². The lowest BCUT2D eigenvalue weighted by molar-refractivity contribution is -0.137. The molecule has 0 radical (unpaired) electrons. The third kappa shape index (κ3) is 9.30. The fourth-order valence-electron chi connectivity index (χ4n) is 1.76. The van der Waals surface area contributed by atoms with Gasteiger partial charge in [-0.15, -0.1) is 0 Å². The van der Waals surface area contributed by atoms with Crippen LogP contribution in [0.1, 0.15) is 39.5 Å². The van der Waals surface area contributed by atoms with Gasteiger partial charge in [-0.2, -0.15) is 0 Å². The number of rotatable bonds is 10. The van der Waals surface area contributed by atoms with Crippen molar-refractivity contribution in [3.8, 4) is 0 Å². The van der Waals surface area contributed by atoms with E-state index in [9.17, 15) is 9.59 Å². The van der Waals surface area contributed by atoms with Gasteiger partial charge < -0.3 is 20.4 Å². The molecule has 0 saturated heterocycles. The van der Waals surface area contributed by atoms with Crippen LogP contribution in [-0.4, -0.2) is 53.4 Å². The van der Waals surface area contributed by atoms with Gasteiger partial charge in [0.15, 0.2) is 0 Å². The summed E-state index contributed by atoms with van der Waals surface area (Å²) in [7, 11) is 0. The van der Waals surface area contributed by atoms with Gasteiger partial charge in [0.25, 0.3) is 0 Å². The molecule has 0 bridgehead atoms. The second kappa shape index (κ2) is 10.6.